The van der Waals surface area contributed by atoms with Crippen molar-refractivity contribution in [3.8, 4) is 11.1 Å². The molecule has 1 aliphatic carbocycles. The van der Waals surface area contributed by atoms with Crippen LogP contribution in [0.2, 0.25) is 0 Å². The van der Waals surface area contributed by atoms with Crippen LogP contribution < -0.4 is 0 Å². The molecule has 5 rings (SSSR count). The van der Waals surface area contributed by atoms with E-state index in [9.17, 15) is 14.3 Å². The second-order valence-electron chi connectivity index (χ2n) is 8.52. The van der Waals surface area contributed by atoms with E-state index in [1.807, 2.05) is 49.4 Å². The molecule has 31 heavy (non-hydrogen) atoms. The zero-order valence-corrected chi connectivity index (χ0v) is 17.3. The third-order valence-electron chi connectivity index (χ3n) is 6.05. The Hall–Kier alpha value is -3.05. The minimum atomic E-state index is -0.688. The summed E-state index contributed by atoms with van der Waals surface area (Å²) in [5.41, 5.74) is 5.75. The molecule has 2 aromatic carbocycles. The fourth-order valence-electron chi connectivity index (χ4n) is 4.41. The van der Waals surface area contributed by atoms with Crippen LogP contribution in [0.1, 0.15) is 48.4 Å². The first-order valence-corrected chi connectivity index (χ1v) is 10.7. The van der Waals surface area contributed by atoms with Crippen molar-refractivity contribution in [2.45, 2.75) is 50.7 Å². The first-order valence-electron chi connectivity index (χ1n) is 10.7. The van der Waals surface area contributed by atoms with Crippen molar-refractivity contribution in [3.05, 3.63) is 71.2 Å². The fraction of sp³-hybridized carbons (Fsp3) is 0.308. The number of hydrogen-bond acceptors (Lipinski definition) is 4. The van der Waals surface area contributed by atoms with Crippen molar-refractivity contribution in [2.75, 3.05) is 0 Å². The Morgan fingerprint density at radius 3 is 2.74 bits per heavy atom. The number of carbonyl (C=O) groups is 1. The second-order valence-corrected chi connectivity index (χ2v) is 8.52. The standard InChI is InChI=1S/C26H24FNO3/c1-15-12-17(27)8-10-20(15)25-21-4-2-3-5-23(21)28-26(16-6-7-16)22(25)11-9-19-13-18(29)14-24(30)31-19/h2-5,8-12,16,18-19,29H,6-7,13-14H2,1H3/b11-9+/t18-,19-/m1/s1. The molecular weight excluding hydrogens is 393 g/mol. The van der Waals surface area contributed by atoms with E-state index in [0.717, 1.165) is 51.7 Å². The number of rotatable bonds is 4. The van der Waals surface area contributed by atoms with E-state index in [1.165, 1.54) is 6.07 Å². The first-order chi connectivity index (χ1) is 15.0. The first kappa shape index (κ1) is 19.9. The topological polar surface area (TPSA) is 59.4 Å². The average Bonchev–Trinajstić information content (AvgIpc) is 3.56. The maximum atomic E-state index is 13.9. The third kappa shape index (κ3) is 3.98. The number of halogens is 1. The van der Waals surface area contributed by atoms with Gasteiger partial charge in [0.2, 0.25) is 0 Å². The number of benzene rings is 2. The highest BCUT2D eigenvalue weighted by Crippen LogP contribution is 2.46. The Kier molecular flexibility index (Phi) is 5.06. The molecule has 5 heteroatoms. The normalized spacial score (nSPS) is 21.6. The highest BCUT2D eigenvalue weighted by molar-refractivity contribution is 6.00. The van der Waals surface area contributed by atoms with Crippen molar-refractivity contribution in [3.63, 3.8) is 0 Å². The Morgan fingerprint density at radius 2 is 2.00 bits per heavy atom. The smallest absolute Gasteiger partial charge is 0.309 e. The number of ether oxygens (including phenoxy) is 1. The predicted octanol–water partition coefficient (Wildman–Crippen LogP) is 5.31. The van der Waals surface area contributed by atoms with Crippen molar-refractivity contribution >= 4 is 22.9 Å². The van der Waals surface area contributed by atoms with E-state index in [2.05, 4.69) is 0 Å². The Balaban J connectivity index is 1.71. The van der Waals surface area contributed by atoms with Gasteiger partial charge in [-0.05, 0) is 55.2 Å². The quantitative estimate of drug-likeness (QED) is 0.585. The number of fused-ring (bicyclic) bond motifs is 1. The molecule has 2 heterocycles. The molecule has 1 aromatic heterocycles. The van der Waals surface area contributed by atoms with Crippen LogP contribution in [0.5, 0.6) is 0 Å². The summed E-state index contributed by atoms with van der Waals surface area (Å²) in [6, 6.07) is 12.9. The number of cyclic esters (lactones) is 1. The second kappa shape index (κ2) is 7.89. The molecule has 1 saturated heterocycles. The number of esters is 1. The van der Waals surface area contributed by atoms with E-state index < -0.39 is 12.2 Å². The zero-order chi connectivity index (χ0) is 21.5. The Morgan fingerprint density at radius 1 is 1.19 bits per heavy atom. The molecule has 1 aliphatic heterocycles. The summed E-state index contributed by atoms with van der Waals surface area (Å²) in [5, 5.41) is 11.0. The molecule has 3 aromatic rings. The fourth-order valence-corrected chi connectivity index (χ4v) is 4.41. The van der Waals surface area contributed by atoms with Gasteiger partial charge in [-0.25, -0.2) is 4.39 Å². The summed E-state index contributed by atoms with van der Waals surface area (Å²) in [7, 11) is 0. The van der Waals surface area contributed by atoms with Gasteiger partial charge < -0.3 is 9.84 Å². The van der Waals surface area contributed by atoms with Crippen molar-refractivity contribution in [1.29, 1.82) is 0 Å². The summed E-state index contributed by atoms with van der Waals surface area (Å²) in [5.74, 6) is -0.257. The molecule has 158 valence electrons. The van der Waals surface area contributed by atoms with E-state index >= 15 is 0 Å². The number of aliphatic hydroxyl groups excluding tert-OH is 1. The highest BCUT2D eigenvalue weighted by atomic mass is 19.1. The molecule has 2 fully saturated rings. The lowest BCUT2D eigenvalue weighted by Gasteiger charge is -2.24. The molecule has 0 unspecified atom stereocenters. The number of nitrogens with zero attached hydrogens (tertiary/aromatic N) is 1. The molecule has 4 nitrogen and oxygen atoms in total. The van der Waals surface area contributed by atoms with Crippen LogP contribution in [-0.4, -0.2) is 28.3 Å². The van der Waals surface area contributed by atoms with Crippen LogP contribution in [0, 0.1) is 12.7 Å². The number of aromatic nitrogens is 1. The van der Waals surface area contributed by atoms with Gasteiger partial charge in [-0.15, -0.1) is 0 Å². The van der Waals surface area contributed by atoms with Gasteiger partial charge in [0.15, 0.2) is 0 Å². The van der Waals surface area contributed by atoms with Gasteiger partial charge in [-0.1, -0.05) is 30.3 Å². The molecule has 0 spiro atoms. The lowest BCUT2D eigenvalue weighted by Crippen LogP contribution is -2.31. The van der Waals surface area contributed by atoms with Crippen molar-refractivity contribution < 1.29 is 19.0 Å². The van der Waals surface area contributed by atoms with Crippen LogP contribution in [0.15, 0.2) is 48.5 Å². The van der Waals surface area contributed by atoms with Gasteiger partial charge in [0.1, 0.15) is 11.9 Å². The molecule has 2 atom stereocenters. The lowest BCUT2D eigenvalue weighted by molar-refractivity contribution is -0.156. The van der Waals surface area contributed by atoms with Crippen LogP contribution in [0.25, 0.3) is 28.1 Å². The summed E-state index contributed by atoms with van der Waals surface area (Å²) in [6.45, 7) is 1.91. The minimum Gasteiger partial charge on any atom is -0.458 e. The maximum absolute atomic E-state index is 13.9. The summed E-state index contributed by atoms with van der Waals surface area (Å²) in [4.78, 5) is 16.7. The van der Waals surface area contributed by atoms with Gasteiger partial charge in [0.05, 0.1) is 23.7 Å². The molecule has 0 radical (unpaired) electrons. The van der Waals surface area contributed by atoms with Gasteiger partial charge in [-0.2, -0.15) is 0 Å². The van der Waals surface area contributed by atoms with E-state index in [-0.39, 0.29) is 18.2 Å². The van der Waals surface area contributed by atoms with Crippen LogP contribution in [0.4, 0.5) is 4.39 Å². The Bertz CT molecular complexity index is 1200. The summed E-state index contributed by atoms with van der Waals surface area (Å²) >= 11 is 0. The summed E-state index contributed by atoms with van der Waals surface area (Å²) in [6.07, 6.45) is 5.25. The van der Waals surface area contributed by atoms with Crippen LogP contribution in [0.3, 0.4) is 0 Å². The average molecular weight is 417 g/mol. The number of pyridine rings is 1. The summed E-state index contributed by atoms with van der Waals surface area (Å²) < 4.78 is 19.3. The van der Waals surface area contributed by atoms with Crippen molar-refractivity contribution in [1.82, 2.24) is 4.98 Å². The molecule has 1 N–H and O–H groups in total. The van der Waals surface area contributed by atoms with Crippen LogP contribution >= 0.6 is 0 Å². The minimum absolute atomic E-state index is 0.0369. The number of hydrogen-bond donors (Lipinski definition) is 1. The van der Waals surface area contributed by atoms with Gasteiger partial charge >= 0.3 is 5.97 Å². The monoisotopic (exact) mass is 417 g/mol. The Labute approximate surface area is 180 Å². The highest BCUT2D eigenvalue weighted by Gasteiger charge is 2.30. The largest absolute Gasteiger partial charge is 0.458 e. The van der Waals surface area contributed by atoms with Gasteiger partial charge in [0, 0.05) is 28.9 Å². The predicted molar refractivity (Wildman–Crippen MR) is 118 cm³/mol. The molecule has 2 aliphatic rings. The maximum Gasteiger partial charge on any atom is 0.309 e. The lowest BCUT2D eigenvalue weighted by atomic mass is 9.90. The SMILES string of the molecule is Cc1cc(F)ccc1-c1c(/C=C/[C@@H]2C[C@@H](O)CC(=O)O2)c(C2CC2)nc2ccccc12. The van der Waals surface area contributed by atoms with Gasteiger partial charge in [0.25, 0.3) is 0 Å². The molecule has 1 saturated carbocycles. The zero-order valence-electron chi connectivity index (χ0n) is 17.3. The molecule has 0 bridgehead atoms. The van der Waals surface area contributed by atoms with Crippen molar-refractivity contribution in [2.24, 2.45) is 0 Å². The molecular formula is C26H24FNO3. The number of carbonyl (C=O) groups excluding carboxylic acids is 1. The van der Waals surface area contributed by atoms with Crippen LogP contribution in [-0.2, 0) is 9.53 Å². The van der Waals surface area contributed by atoms with E-state index in [4.69, 9.17) is 9.72 Å². The van der Waals surface area contributed by atoms with E-state index in [1.54, 1.807) is 6.07 Å². The number of para-hydroxylation sites is 1. The van der Waals surface area contributed by atoms with E-state index in [0.29, 0.717) is 12.3 Å². The molecule has 0 amide bonds. The third-order valence-corrected chi connectivity index (χ3v) is 6.05. The number of aliphatic hydroxyl groups is 1. The van der Waals surface area contributed by atoms with Gasteiger partial charge in [-0.3, -0.25) is 9.78 Å². The number of aryl methyl sites for hydroxylation is 1.